The number of benzene rings is 1. The summed E-state index contributed by atoms with van der Waals surface area (Å²) in [6, 6.07) is 5.14. The largest absolute Gasteiger partial charge is 0.347 e. The summed E-state index contributed by atoms with van der Waals surface area (Å²) < 4.78 is 0. The molecule has 3 amide bonds. The molecule has 0 heterocycles. The molecule has 0 unspecified atom stereocenters. The first-order valence-electron chi connectivity index (χ1n) is 5.95. The number of aryl methyl sites for hydroxylation is 1. The fourth-order valence-electron chi connectivity index (χ4n) is 1.32. The number of halogens is 1. The van der Waals surface area contributed by atoms with Crippen LogP contribution in [-0.4, -0.2) is 30.8 Å². The minimum atomic E-state index is -0.433. The van der Waals surface area contributed by atoms with Crippen LogP contribution in [0.4, 0.5) is 5.69 Å². The van der Waals surface area contributed by atoms with Gasteiger partial charge in [0.1, 0.15) is 0 Å². The van der Waals surface area contributed by atoms with Crippen LogP contribution < -0.4 is 16.0 Å². The van der Waals surface area contributed by atoms with Gasteiger partial charge in [0.2, 0.25) is 17.7 Å². The van der Waals surface area contributed by atoms with Gasteiger partial charge in [-0.1, -0.05) is 17.7 Å². The first kappa shape index (κ1) is 16.0. The maximum atomic E-state index is 11.6. The van der Waals surface area contributed by atoms with Crippen molar-refractivity contribution < 1.29 is 14.4 Å². The molecule has 0 aliphatic rings. The lowest BCUT2D eigenvalue weighted by molar-refractivity contribution is -0.126. The Hall–Kier alpha value is -2.08. The first-order chi connectivity index (χ1) is 9.38. The van der Waals surface area contributed by atoms with Crippen LogP contribution in [-0.2, 0) is 14.4 Å². The van der Waals surface area contributed by atoms with E-state index in [0.29, 0.717) is 10.7 Å². The van der Waals surface area contributed by atoms with Crippen molar-refractivity contribution in [2.24, 2.45) is 0 Å². The van der Waals surface area contributed by atoms with Gasteiger partial charge in [-0.3, -0.25) is 14.4 Å². The topological polar surface area (TPSA) is 87.3 Å². The van der Waals surface area contributed by atoms with E-state index in [1.54, 1.807) is 18.2 Å². The van der Waals surface area contributed by atoms with Gasteiger partial charge in [-0.05, 0) is 24.6 Å². The molecule has 0 saturated heterocycles. The molecule has 0 radical (unpaired) electrons. The van der Waals surface area contributed by atoms with Crippen LogP contribution in [0.25, 0.3) is 0 Å². The van der Waals surface area contributed by atoms with Crippen LogP contribution in [0.1, 0.15) is 12.5 Å². The fourth-order valence-corrected chi connectivity index (χ4v) is 1.50. The molecule has 0 aliphatic carbocycles. The molecule has 1 aromatic rings. The van der Waals surface area contributed by atoms with E-state index in [-0.39, 0.29) is 24.9 Å². The van der Waals surface area contributed by atoms with Crippen molar-refractivity contribution in [2.75, 3.05) is 18.4 Å². The molecule has 108 valence electrons. The molecule has 0 atom stereocenters. The molecular weight excluding hydrogens is 282 g/mol. The number of hydrogen-bond donors (Lipinski definition) is 3. The molecule has 0 aromatic heterocycles. The van der Waals surface area contributed by atoms with E-state index in [1.807, 2.05) is 6.92 Å². The summed E-state index contributed by atoms with van der Waals surface area (Å²) in [4.78, 5) is 33.5. The molecule has 6 nitrogen and oxygen atoms in total. The molecule has 1 rings (SSSR count). The van der Waals surface area contributed by atoms with Crippen LogP contribution in [0, 0.1) is 6.92 Å². The van der Waals surface area contributed by atoms with E-state index in [1.165, 1.54) is 6.92 Å². The zero-order chi connectivity index (χ0) is 15.1. The van der Waals surface area contributed by atoms with Crippen LogP contribution in [0.3, 0.4) is 0 Å². The van der Waals surface area contributed by atoms with Crippen molar-refractivity contribution in [3.8, 4) is 0 Å². The molecule has 0 bridgehead atoms. The van der Waals surface area contributed by atoms with Gasteiger partial charge in [0.25, 0.3) is 0 Å². The second-order valence-electron chi connectivity index (χ2n) is 4.20. The molecular formula is C13H16ClN3O3. The monoisotopic (exact) mass is 297 g/mol. The number of anilines is 1. The molecule has 0 saturated carbocycles. The number of hydrogen-bond acceptors (Lipinski definition) is 3. The maximum absolute atomic E-state index is 11.6. The highest BCUT2D eigenvalue weighted by atomic mass is 35.5. The average Bonchev–Trinajstić information content (AvgIpc) is 2.38. The van der Waals surface area contributed by atoms with Gasteiger partial charge < -0.3 is 16.0 Å². The Morgan fingerprint density at radius 2 is 1.75 bits per heavy atom. The highest BCUT2D eigenvalue weighted by Crippen LogP contribution is 2.19. The minimum absolute atomic E-state index is 0.154. The van der Waals surface area contributed by atoms with Crippen molar-refractivity contribution in [1.29, 1.82) is 0 Å². The second-order valence-corrected chi connectivity index (χ2v) is 4.61. The van der Waals surface area contributed by atoms with Crippen molar-refractivity contribution in [2.45, 2.75) is 13.8 Å². The lowest BCUT2D eigenvalue weighted by Crippen LogP contribution is -2.39. The van der Waals surface area contributed by atoms with E-state index < -0.39 is 5.91 Å². The zero-order valence-corrected chi connectivity index (χ0v) is 12.0. The van der Waals surface area contributed by atoms with Gasteiger partial charge in [0.05, 0.1) is 13.1 Å². The third kappa shape index (κ3) is 5.71. The first-order valence-corrected chi connectivity index (χ1v) is 6.33. The number of carbonyl (C=O) groups is 3. The molecule has 0 aliphatic heterocycles. The second kappa shape index (κ2) is 7.49. The van der Waals surface area contributed by atoms with Gasteiger partial charge in [-0.25, -0.2) is 0 Å². The van der Waals surface area contributed by atoms with Crippen molar-refractivity contribution >= 4 is 35.0 Å². The summed E-state index contributed by atoms with van der Waals surface area (Å²) in [5.41, 5.74) is 1.47. The Morgan fingerprint density at radius 3 is 2.35 bits per heavy atom. The number of nitrogens with one attached hydrogen (secondary N) is 3. The standard InChI is InChI=1S/C13H16ClN3O3/c1-8-3-4-10(5-11(8)14)17-13(20)7-16-12(19)6-15-9(2)18/h3-5H,6-7H2,1-2H3,(H,15,18)(H,16,19)(H,17,20). The van der Waals surface area contributed by atoms with Crippen LogP contribution in [0.2, 0.25) is 5.02 Å². The number of rotatable bonds is 5. The van der Waals surface area contributed by atoms with Gasteiger partial charge in [0.15, 0.2) is 0 Å². The molecule has 7 heteroatoms. The predicted molar refractivity (Wildman–Crippen MR) is 76.5 cm³/mol. The van der Waals surface area contributed by atoms with Crippen LogP contribution in [0.5, 0.6) is 0 Å². The van der Waals surface area contributed by atoms with Crippen molar-refractivity contribution in [3.05, 3.63) is 28.8 Å². The average molecular weight is 298 g/mol. The van der Waals surface area contributed by atoms with Gasteiger partial charge in [-0.15, -0.1) is 0 Å². The lowest BCUT2D eigenvalue weighted by Gasteiger charge is -2.08. The van der Waals surface area contributed by atoms with E-state index in [4.69, 9.17) is 11.6 Å². The minimum Gasteiger partial charge on any atom is -0.347 e. The Labute approximate surface area is 121 Å². The normalized spacial score (nSPS) is 9.75. The Bertz CT molecular complexity index is 532. The van der Waals surface area contributed by atoms with Crippen LogP contribution >= 0.6 is 11.6 Å². The number of carbonyl (C=O) groups excluding carboxylic acids is 3. The predicted octanol–water partition coefficient (Wildman–Crippen LogP) is 0.839. The molecule has 0 spiro atoms. The molecule has 20 heavy (non-hydrogen) atoms. The number of amides is 3. The third-order valence-electron chi connectivity index (χ3n) is 2.40. The Kier molecular flexibility index (Phi) is 5.99. The summed E-state index contributed by atoms with van der Waals surface area (Å²) >= 11 is 5.93. The Balaban J connectivity index is 2.38. The summed E-state index contributed by atoms with van der Waals surface area (Å²) in [7, 11) is 0. The van der Waals surface area contributed by atoms with E-state index in [0.717, 1.165) is 5.56 Å². The van der Waals surface area contributed by atoms with Gasteiger partial charge >= 0.3 is 0 Å². The summed E-state index contributed by atoms with van der Waals surface area (Å²) in [5, 5.41) is 7.88. The van der Waals surface area contributed by atoms with Crippen LogP contribution in [0.15, 0.2) is 18.2 Å². The van der Waals surface area contributed by atoms with Gasteiger partial charge in [0, 0.05) is 17.6 Å². The van der Waals surface area contributed by atoms with Gasteiger partial charge in [-0.2, -0.15) is 0 Å². The molecule has 3 N–H and O–H groups in total. The van der Waals surface area contributed by atoms with Crippen molar-refractivity contribution in [3.63, 3.8) is 0 Å². The quantitative estimate of drug-likeness (QED) is 0.752. The van der Waals surface area contributed by atoms with E-state index >= 15 is 0 Å². The lowest BCUT2D eigenvalue weighted by atomic mass is 10.2. The fraction of sp³-hybridized carbons (Fsp3) is 0.308. The van der Waals surface area contributed by atoms with Crippen molar-refractivity contribution in [1.82, 2.24) is 10.6 Å². The summed E-state index contributed by atoms with van der Waals surface area (Å²) in [5.74, 6) is -1.11. The van der Waals surface area contributed by atoms with E-state index in [2.05, 4.69) is 16.0 Å². The molecule has 0 fully saturated rings. The maximum Gasteiger partial charge on any atom is 0.243 e. The van der Waals surface area contributed by atoms with E-state index in [9.17, 15) is 14.4 Å². The molecule has 1 aromatic carbocycles. The SMILES string of the molecule is CC(=O)NCC(=O)NCC(=O)Nc1ccc(C)c(Cl)c1. The Morgan fingerprint density at radius 1 is 1.10 bits per heavy atom. The third-order valence-corrected chi connectivity index (χ3v) is 2.81. The highest BCUT2D eigenvalue weighted by Gasteiger charge is 2.07. The smallest absolute Gasteiger partial charge is 0.243 e. The summed E-state index contributed by atoms with van der Waals surface area (Å²) in [6.07, 6.45) is 0. The summed E-state index contributed by atoms with van der Waals surface area (Å²) in [6.45, 7) is 2.83. The highest BCUT2D eigenvalue weighted by molar-refractivity contribution is 6.31. The zero-order valence-electron chi connectivity index (χ0n) is 11.2.